The van der Waals surface area contributed by atoms with E-state index in [0.29, 0.717) is 11.8 Å². The van der Waals surface area contributed by atoms with Gasteiger partial charge in [0.25, 0.3) is 0 Å². The van der Waals surface area contributed by atoms with E-state index in [1.807, 2.05) is 0 Å². The predicted molar refractivity (Wildman–Crippen MR) is 66.6 cm³/mol. The molecular weight excluding hydrogens is 208 g/mol. The number of piperidine rings is 3. The number of nitrogens with zero attached hydrogens (tertiary/aromatic N) is 1. The van der Waals surface area contributed by atoms with Gasteiger partial charge >= 0.3 is 0 Å². The average Bonchev–Trinajstić information content (AvgIpc) is 2.41. The zero-order valence-electron chi connectivity index (χ0n) is 10.1. The van der Waals surface area contributed by atoms with E-state index >= 15 is 0 Å². The molecule has 4 atom stereocenters. The molecule has 2 bridgehead atoms. The zero-order valence-corrected chi connectivity index (χ0v) is 10.1. The van der Waals surface area contributed by atoms with Crippen molar-refractivity contribution < 1.29 is 4.90 Å². The van der Waals surface area contributed by atoms with Crippen LogP contribution in [-0.4, -0.2) is 19.6 Å². The summed E-state index contributed by atoms with van der Waals surface area (Å²) in [6.45, 7) is 3.81. The Kier molecular flexibility index (Phi) is 2.86. The molecule has 1 aromatic rings. The van der Waals surface area contributed by atoms with E-state index in [9.17, 15) is 0 Å². The number of hydrogen-bond donors (Lipinski definition) is 1. The molecule has 0 saturated carbocycles. The van der Waals surface area contributed by atoms with Gasteiger partial charge in [-0.3, -0.25) is 0 Å². The van der Waals surface area contributed by atoms with Gasteiger partial charge in [0.05, 0.1) is 25.7 Å². The summed E-state index contributed by atoms with van der Waals surface area (Å²) < 4.78 is 0. The number of rotatable bonds is 2. The molecule has 2 heteroatoms. The van der Waals surface area contributed by atoms with Crippen LogP contribution in [0.5, 0.6) is 0 Å². The van der Waals surface area contributed by atoms with E-state index in [1.165, 1.54) is 31.6 Å². The number of nitriles is 1. The molecule has 3 fully saturated rings. The topological polar surface area (TPSA) is 28.2 Å². The quantitative estimate of drug-likeness (QED) is 0.808. The first kappa shape index (κ1) is 10.8. The zero-order chi connectivity index (χ0) is 11.7. The number of hydrogen-bond acceptors (Lipinski definition) is 1. The lowest BCUT2D eigenvalue weighted by Gasteiger charge is -2.46. The van der Waals surface area contributed by atoms with Gasteiger partial charge in [-0.15, -0.1) is 0 Å². The summed E-state index contributed by atoms with van der Waals surface area (Å²) in [5, 5.41) is 8.94. The van der Waals surface area contributed by atoms with Crippen LogP contribution < -0.4 is 4.90 Å². The lowest BCUT2D eigenvalue weighted by Crippen LogP contribution is -3.16. The summed E-state index contributed by atoms with van der Waals surface area (Å²) in [5.74, 6) is 2.06. The highest BCUT2D eigenvalue weighted by Gasteiger charge is 2.44. The van der Waals surface area contributed by atoms with Crippen molar-refractivity contribution in [3.05, 3.63) is 35.9 Å². The van der Waals surface area contributed by atoms with E-state index in [0.717, 1.165) is 12.3 Å². The van der Waals surface area contributed by atoms with Gasteiger partial charge in [0.15, 0.2) is 0 Å². The van der Waals surface area contributed by atoms with Crippen LogP contribution >= 0.6 is 0 Å². The lowest BCUT2D eigenvalue weighted by atomic mass is 9.69. The van der Waals surface area contributed by atoms with E-state index in [2.05, 4.69) is 36.4 Å². The first-order valence-corrected chi connectivity index (χ1v) is 6.64. The Labute approximate surface area is 103 Å². The largest absolute Gasteiger partial charge is 0.334 e. The number of fused-ring (bicyclic) bond motifs is 3. The first-order valence-electron chi connectivity index (χ1n) is 6.64. The molecule has 88 valence electrons. The molecule has 1 unspecified atom stereocenters. The maximum absolute atomic E-state index is 8.94. The van der Waals surface area contributed by atoms with Gasteiger partial charge in [0, 0.05) is 24.7 Å². The minimum Gasteiger partial charge on any atom is -0.334 e. The van der Waals surface area contributed by atoms with Crippen LogP contribution in [0.2, 0.25) is 0 Å². The SMILES string of the molecule is N#CC[C@@H]1C[NH+]2CC[C@@H]1[C@@H](c1ccccc1)C2. The molecule has 2 nitrogen and oxygen atoms in total. The summed E-state index contributed by atoms with van der Waals surface area (Å²) in [7, 11) is 0. The highest BCUT2D eigenvalue weighted by molar-refractivity contribution is 5.21. The standard InChI is InChI=1S/C15H18N2/c16-8-6-13-10-17-9-7-14(13)15(11-17)12-4-2-1-3-5-12/h1-5,13-15H,6-7,9-11H2/p+1/t13-,14+,15-/m1/s1. The Balaban J connectivity index is 1.85. The third kappa shape index (κ3) is 1.96. The minimum absolute atomic E-state index is 0.628. The first-order chi connectivity index (χ1) is 8.38. The molecule has 1 aromatic carbocycles. The van der Waals surface area contributed by atoms with Gasteiger partial charge in [0.2, 0.25) is 0 Å². The van der Waals surface area contributed by atoms with Crippen LogP contribution in [0.1, 0.15) is 24.3 Å². The fourth-order valence-electron chi connectivity index (χ4n) is 3.81. The van der Waals surface area contributed by atoms with Crippen LogP contribution in [0.3, 0.4) is 0 Å². The van der Waals surface area contributed by atoms with Crippen molar-refractivity contribution in [2.75, 3.05) is 19.6 Å². The molecule has 1 N–H and O–H groups in total. The van der Waals surface area contributed by atoms with Crippen molar-refractivity contribution >= 4 is 0 Å². The maximum atomic E-state index is 8.94. The molecule has 0 aliphatic carbocycles. The van der Waals surface area contributed by atoms with Crippen molar-refractivity contribution in [3.8, 4) is 6.07 Å². The summed E-state index contributed by atoms with van der Waals surface area (Å²) in [6.07, 6.45) is 2.05. The molecule has 17 heavy (non-hydrogen) atoms. The van der Waals surface area contributed by atoms with Crippen LogP contribution in [-0.2, 0) is 0 Å². The van der Waals surface area contributed by atoms with Gasteiger partial charge < -0.3 is 4.90 Å². The third-order valence-corrected chi connectivity index (χ3v) is 4.59. The predicted octanol–water partition coefficient (Wildman–Crippen LogP) is 1.22. The molecule has 3 heterocycles. The molecule has 0 radical (unpaired) electrons. The number of quaternary nitrogens is 1. The van der Waals surface area contributed by atoms with Crippen molar-refractivity contribution in [1.29, 1.82) is 5.26 Å². The smallest absolute Gasteiger partial charge is 0.0843 e. The Hall–Kier alpha value is -1.33. The second-order valence-corrected chi connectivity index (χ2v) is 5.50. The highest BCUT2D eigenvalue weighted by Crippen LogP contribution is 2.37. The van der Waals surface area contributed by atoms with Crippen molar-refractivity contribution in [2.45, 2.75) is 18.8 Å². The summed E-state index contributed by atoms with van der Waals surface area (Å²) in [6, 6.07) is 13.3. The fraction of sp³-hybridized carbons (Fsp3) is 0.533. The van der Waals surface area contributed by atoms with E-state index in [4.69, 9.17) is 5.26 Å². The van der Waals surface area contributed by atoms with Gasteiger partial charge in [-0.05, 0) is 11.5 Å². The number of nitrogens with one attached hydrogen (secondary N) is 1. The van der Waals surface area contributed by atoms with Crippen LogP contribution in [0.15, 0.2) is 30.3 Å². The Morgan fingerprint density at radius 1 is 1.24 bits per heavy atom. The normalized spacial score (nSPS) is 35.5. The maximum Gasteiger partial charge on any atom is 0.0843 e. The van der Waals surface area contributed by atoms with Gasteiger partial charge in [-0.25, -0.2) is 0 Å². The van der Waals surface area contributed by atoms with Gasteiger partial charge in [-0.1, -0.05) is 30.3 Å². The second-order valence-electron chi connectivity index (χ2n) is 5.50. The molecule has 0 aromatic heterocycles. The molecule has 0 spiro atoms. The second kappa shape index (κ2) is 4.50. The Bertz CT molecular complexity index is 420. The minimum atomic E-state index is 0.628. The molecule has 3 aliphatic heterocycles. The van der Waals surface area contributed by atoms with Crippen molar-refractivity contribution in [3.63, 3.8) is 0 Å². The van der Waals surface area contributed by atoms with E-state index < -0.39 is 0 Å². The molecule has 0 amide bonds. The van der Waals surface area contributed by atoms with Crippen LogP contribution in [0.25, 0.3) is 0 Å². The van der Waals surface area contributed by atoms with Crippen LogP contribution in [0.4, 0.5) is 0 Å². The van der Waals surface area contributed by atoms with E-state index in [-0.39, 0.29) is 0 Å². The lowest BCUT2D eigenvalue weighted by molar-refractivity contribution is -0.923. The molecule has 3 aliphatic rings. The Morgan fingerprint density at radius 3 is 2.76 bits per heavy atom. The fourth-order valence-corrected chi connectivity index (χ4v) is 3.81. The third-order valence-electron chi connectivity index (χ3n) is 4.59. The number of benzene rings is 1. The highest BCUT2D eigenvalue weighted by atomic mass is 15.2. The average molecular weight is 227 g/mol. The molecular formula is C15H19N2+. The van der Waals surface area contributed by atoms with Crippen molar-refractivity contribution in [1.82, 2.24) is 0 Å². The van der Waals surface area contributed by atoms with Crippen LogP contribution in [0, 0.1) is 23.2 Å². The van der Waals surface area contributed by atoms with Crippen molar-refractivity contribution in [2.24, 2.45) is 11.8 Å². The summed E-state index contributed by atoms with van der Waals surface area (Å²) >= 11 is 0. The summed E-state index contributed by atoms with van der Waals surface area (Å²) in [4.78, 5) is 1.71. The van der Waals surface area contributed by atoms with Gasteiger partial charge in [-0.2, -0.15) is 5.26 Å². The molecule has 4 rings (SSSR count). The van der Waals surface area contributed by atoms with Gasteiger partial charge in [0.1, 0.15) is 0 Å². The molecule has 3 saturated heterocycles. The Morgan fingerprint density at radius 2 is 2.06 bits per heavy atom. The van der Waals surface area contributed by atoms with E-state index in [1.54, 1.807) is 4.90 Å². The summed E-state index contributed by atoms with van der Waals surface area (Å²) in [5.41, 5.74) is 1.48. The monoisotopic (exact) mass is 227 g/mol.